The smallest absolute Gasteiger partial charge is 0.357 e. The number of benzene rings is 1. The van der Waals surface area contributed by atoms with Crippen molar-refractivity contribution in [2.45, 2.75) is 0 Å². The monoisotopic (exact) mass is 249 g/mol. The summed E-state index contributed by atoms with van der Waals surface area (Å²) in [7, 11) is 4.73. The maximum absolute atomic E-state index is 11.7. The summed E-state index contributed by atoms with van der Waals surface area (Å²) in [6, 6.07) is 7.47. The van der Waals surface area contributed by atoms with Crippen molar-refractivity contribution in [1.29, 1.82) is 0 Å². The van der Waals surface area contributed by atoms with Crippen LogP contribution in [-0.2, 0) is 9.53 Å². The highest BCUT2D eigenvalue weighted by Gasteiger charge is 2.28. The van der Waals surface area contributed by atoms with Gasteiger partial charge in [-0.05, 0) is 12.1 Å². The molecule has 0 aromatic heterocycles. The lowest BCUT2D eigenvalue weighted by molar-refractivity contribution is -0.136. The molecule has 0 saturated heterocycles. The van der Waals surface area contributed by atoms with Gasteiger partial charge in [-0.3, -0.25) is 10.4 Å². The predicted octanol–water partition coefficient (Wildman–Crippen LogP) is 0.491. The Morgan fingerprint density at radius 1 is 1.28 bits per heavy atom. The number of hydrazine groups is 2. The van der Waals surface area contributed by atoms with E-state index in [9.17, 15) is 4.79 Å². The van der Waals surface area contributed by atoms with Gasteiger partial charge in [0.2, 0.25) is 0 Å². The standard InChI is InChI=1S/C12H15N3O3/c1-15-11(10(13-14-15)12(16)18-3)8-6-4-5-7-9(8)17-2/h4-7,13-14H,1-3H3. The summed E-state index contributed by atoms with van der Waals surface area (Å²) in [5.41, 5.74) is 7.46. The fourth-order valence-electron chi connectivity index (χ4n) is 1.83. The van der Waals surface area contributed by atoms with Crippen LogP contribution >= 0.6 is 0 Å². The summed E-state index contributed by atoms with van der Waals surface area (Å²) >= 11 is 0. The van der Waals surface area contributed by atoms with Gasteiger partial charge in [-0.25, -0.2) is 4.79 Å². The van der Waals surface area contributed by atoms with E-state index in [-0.39, 0.29) is 0 Å². The lowest BCUT2D eigenvalue weighted by Crippen LogP contribution is -2.35. The van der Waals surface area contributed by atoms with Crippen molar-refractivity contribution in [3.8, 4) is 5.75 Å². The second-order valence-electron chi connectivity index (χ2n) is 3.71. The second kappa shape index (κ2) is 4.97. The van der Waals surface area contributed by atoms with E-state index in [1.807, 2.05) is 24.3 Å². The normalized spacial score (nSPS) is 14.5. The molecule has 1 aromatic rings. The minimum Gasteiger partial charge on any atom is -0.496 e. The molecule has 1 aromatic carbocycles. The van der Waals surface area contributed by atoms with Crippen LogP contribution in [-0.4, -0.2) is 32.2 Å². The first-order valence-corrected chi connectivity index (χ1v) is 5.40. The van der Waals surface area contributed by atoms with Crippen molar-refractivity contribution in [1.82, 2.24) is 16.0 Å². The maximum atomic E-state index is 11.7. The first kappa shape index (κ1) is 12.3. The van der Waals surface area contributed by atoms with Gasteiger partial charge in [0, 0.05) is 12.6 Å². The third kappa shape index (κ3) is 1.98. The summed E-state index contributed by atoms with van der Waals surface area (Å²) in [6.07, 6.45) is 0. The minimum absolute atomic E-state index is 0.351. The number of hydrogen-bond donors (Lipinski definition) is 2. The van der Waals surface area contributed by atoms with Crippen molar-refractivity contribution >= 4 is 11.7 Å². The molecule has 0 bridgehead atoms. The number of nitrogens with one attached hydrogen (secondary N) is 2. The molecule has 0 amide bonds. The van der Waals surface area contributed by atoms with Gasteiger partial charge in [-0.15, -0.1) is 5.53 Å². The van der Waals surface area contributed by atoms with Crippen molar-refractivity contribution in [2.24, 2.45) is 0 Å². The third-order valence-electron chi connectivity index (χ3n) is 2.67. The molecule has 18 heavy (non-hydrogen) atoms. The van der Waals surface area contributed by atoms with Crippen molar-refractivity contribution in [3.63, 3.8) is 0 Å². The lowest BCUT2D eigenvalue weighted by Gasteiger charge is -2.17. The van der Waals surface area contributed by atoms with Crippen LogP contribution in [0.1, 0.15) is 5.56 Å². The van der Waals surface area contributed by atoms with Gasteiger partial charge < -0.3 is 9.47 Å². The molecule has 6 nitrogen and oxygen atoms in total. The van der Waals surface area contributed by atoms with E-state index in [2.05, 4.69) is 11.0 Å². The highest BCUT2D eigenvalue weighted by molar-refractivity contribution is 5.97. The summed E-state index contributed by atoms with van der Waals surface area (Å²) in [6.45, 7) is 0. The summed E-state index contributed by atoms with van der Waals surface area (Å²) in [5.74, 6) is 0.249. The van der Waals surface area contributed by atoms with Crippen LogP contribution in [0.25, 0.3) is 5.70 Å². The molecular weight excluding hydrogens is 234 g/mol. The molecule has 2 N–H and O–H groups in total. The fraction of sp³-hybridized carbons (Fsp3) is 0.250. The van der Waals surface area contributed by atoms with E-state index in [1.165, 1.54) is 7.11 Å². The Morgan fingerprint density at radius 3 is 2.67 bits per heavy atom. The average molecular weight is 249 g/mol. The average Bonchev–Trinajstić information content (AvgIpc) is 2.79. The first-order chi connectivity index (χ1) is 8.69. The molecule has 1 aliphatic rings. The molecule has 0 atom stereocenters. The van der Waals surface area contributed by atoms with Gasteiger partial charge in [0.25, 0.3) is 0 Å². The van der Waals surface area contributed by atoms with Gasteiger partial charge in [-0.1, -0.05) is 12.1 Å². The second-order valence-corrected chi connectivity index (χ2v) is 3.71. The Balaban J connectivity index is 2.54. The number of methoxy groups -OCH3 is 2. The topological polar surface area (TPSA) is 62.8 Å². The molecule has 0 spiro atoms. The molecule has 0 aliphatic carbocycles. The Labute approximate surface area is 105 Å². The number of para-hydroxylation sites is 1. The molecule has 0 unspecified atom stereocenters. The predicted molar refractivity (Wildman–Crippen MR) is 66.0 cm³/mol. The molecule has 2 rings (SSSR count). The van der Waals surface area contributed by atoms with E-state index < -0.39 is 5.97 Å². The van der Waals surface area contributed by atoms with Crippen LogP contribution in [0, 0.1) is 0 Å². The zero-order valence-corrected chi connectivity index (χ0v) is 10.5. The number of hydrogen-bond acceptors (Lipinski definition) is 6. The SMILES string of the molecule is COC(=O)C1=C(c2ccccc2OC)N(C)NN1. The number of esters is 1. The van der Waals surface area contributed by atoms with E-state index in [0.29, 0.717) is 17.1 Å². The third-order valence-corrected chi connectivity index (χ3v) is 2.67. The highest BCUT2D eigenvalue weighted by atomic mass is 16.5. The molecule has 1 aliphatic heterocycles. The summed E-state index contributed by atoms with van der Waals surface area (Å²) in [5, 5.41) is 1.70. The number of nitrogens with zero attached hydrogens (tertiary/aromatic N) is 1. The van der Waals surface area contributed by atoms with Crippen LogP contribution in [0.4, 0.5) is 0 Å². The number of rotatable bonds is 3. The van der Waals surface area contributed by atoms with Crippen LogP contribution in [0.15, 0.2) is 30.0 Å². The van der Waals surface area contributed by atoms with E-state index >= 15 is 0 Å². The zero-order valence-electron chi connectivity index (χ0n) is 10.5. The van der Waals surface area contributed by atoms with Crippen molar-refractivity contribution in [2.75, 3.05) is 21.3 Å². The Bertz CT molecular complexity index is 499. The van der Waals surface area contributed by atoms with Gasteiger partial charge >= 0.3 is 5.97 Å². The van der Waals surface area contributed by atoms with Crippen LogP contribution < -0.4 is 15.7 Å². The lowest BCUT2D eigenvalue weighted by atomic mass is 10.1. The number of ether oxygens (including phenoxy) is 2. The Hall–Kier alpha value is -2.21. The van der Waals surface area contributed by atoms with Gasteiger partial charge in [0.1, 0.15) is 5.75 Å². The molecule has 1 heterocycles. The molecule has 6 heteroatoms. The minimum atomic E-state index is -0.437. The molecule has 0 radical (unpaired) electrons. The van der Waals surface area contributed by atoms with E-state index in [0.717, 1.165) is 5.56 Å². The highest BCUT2D eigenvalue weighted by Crippen LogP contribution is 2.30. The van der Waals surface area contributed by atoms with Crippen LogP contribution in [0.2, 0.25) is 0 Å². The quantitative estimate of drug-likeness (QED) is 0.760. The fourth-order valence-corrected chi connectivity index (χ4v) is 1.83. The summed E-state index contributed by atoms with van der Waals surface area (Å²) < 4.78 is 10.0. The van der Waals surface area contributed by atoms with E-state index in [4.69, 9.17) is 9.47 Å². The largest absolute Gasteiger partial charge is 0.496 e. The Kier molecular flexibility index (Phi) is 3.38. The molecule has 0 saturated carbocycles. The van der Waals surface area contributed by atoms with Gasteiger partial charge in [0.15, 0.2) is 5.70 Å². The van der Waals surface area contributed by atoms with Crippen molar-refractivity contribution in [3.05, 3.63) is 35.5 Å². The van der Waals surface area contributed by atoms with Crippen molar-refractivity contribution < 1.29 is 14.3 Å². The first-order valence-electron chi connectivity index (χ1n) is 5.40. The van der Waals surface area contributed by atoms with E-state index in [1.54, 1.807) is 19.2 Å². The van der Waals surface area contributed by atoms with Gasteiger partial charge in [0.05, 0.1) is 19.9 Å². The molecular formula is C12H15N3O3. The van der Waals surface area contributed by atoms with Crippen LogP contribution in [0.3, 0.4) is 0 Å². The molecule has 0 fully saturated rings. The number of carbonyl (C=O) groups is 1. The zero-order chi connectivity index (χ0) is 13.1. The maximum Gasteiger partial charge on any atom is 0.357 e. The Morgan fingerprint density at radius 2 is 2.00 bits per heavy atom. The van der Waals surface area contributed by atoms with Gasteiger partial charge in [-0.2, -0.15) is 0 Å². The summed E-state index contributed by atoms with van der Waals surface area (Å²) in [4.78, 5) is 11.7. The van der Waals surface area contributed by atoms with Crippen LogP contribution in [0.5, 0.6) is 5.75 Å². The number of carbonyl (C=O) groups excluding carboxylic acids is 1. The molecule has 96 valence electrons.